The zero-order valence-corrected chi connectivity index (χ0v) is 11.4. The van der Waals surface area contributed by atoms with Crippen LogP contribution in [0, 0.1) is 5.92 Å². The molecule has 1 aliphatic rings. The summed E-state index contributed by atoms with van der Waals surface area (Å²) in [5.74, 6) is 0.394. The Bertz CT molecular complexity index is 354. The predicted molar refractivity (Wildman–Crippen MR) is 67.1 cm³/mol. The van der Waals surface area contributed by atoms with Crippen molar-refractivity contribution in [2.45, 2.75) is 32.6 Å². The number of carbonyl (C=O) groups excluding carboxylic acids is 1. The third kappa shape index (κ3) is 4.27. The molecule has 0 saturated carbocycles. The van der Waals surface area contributed by atoms with Crippen LogP contribution in [0.1, 0.15) is 32.6 Å². The molecule has 1 aliphatic heterocycles. The maximum absolute atomic E-state index is 11.9. The molecule has 1 rings (SSSR count). The fraction of sp³-hybridized carbons (Fsp3) is 0.909. The minimum absolute atomic E-state index is 0.0113. The fourth-order valence-electron chi connectivity index (χ4n) is 2.04. The normalized spacial score (nSPS) is 21.6. The standard InChI is InChI=1S/C11H22N2O3S/c1-3-4-7-17(15,16)13-6-5-10(9-13)8-11(14)12-2/h10H,3-9H2,1-2H3,(H,12,14). The topological polar surface area (TPSA) is 66.5 Å². The Hall–Kier alpha value is -0.620. The van der Waals surface area contributed by atoms with Gasteiger partial charge in [-0.15, -0.1) is 0 Å². The largest absolute Gasteiger partial charge is 0.359 e. The average Bonchev–Trinajstić information content (AvgIpc) is 2.75. The third-order valence-corrected chi connectivity index (χ3v) is 5.07. The lowest BCUT2D eigenvalue weighted by Crippen LogP contribution is -2.31. The van der Waals surface area contributed by atoms with Crippen LogP contribution in [-0.4, -0.2) is 44.5 Å². The average molecular weight is 262 g/mol. The molecule has 0 radical (unpaired) electrons. The Balaban J connectivity index is 2.46. The fourth-order valence-corrected chi connectivity index (χ4v) is 3.77. The molecule has 1 atom stereocenters. The molecule has 1 heterocycles. The first-order valence-corrected chi connectivity index (χ1v) is 7.79. The summed E-state index contributed by atoms with van der Waals surface area (Å²) in [6.45, 7) is 3.04. The Kier molecular flexibility index (Phi) is 5.39. The van der Waals surface area contributed by atoms with E-state index in [4.69, 9.17) is 0 Å². The summed E-state index contributed by atoms with van der Waals surface area (Å²) < 4.78 is 25.4. The predicted octanol–water partition coefficient (Wildman–Crippen LogP) is 0.574. The molecule has 100 valence electrons. The minimum atomic E-state index is -3.10. The van der Waals surface area contributed by atoms with Crippen molar-refractivity contribution >= 4 is 15.9 Å². The molecule has 5 nitrogen and oxygen atoms in total. The smallest absolute Gasteiger partial charge is 0.220 e. The van der Waals surface area contributed by atoms with Gasteiger partial charge < -0.3 is 5.32 Å². The van der Waals surface area contributed by atoms with Gasteiger partial charge in [-0.1, -0.05) is 13.3 Å². The summed E-state index contributed by atoms with van der Waals surface area (Å²) in [5.41, 5.74) is 0. The SMILES string of the molecule is CCCCS(=O)(=O)N1CCC(CC(=O)NC)C1. The monoisotopic (exact) mass is 262 g/mol. The lowest BCUT2D eigenvalue weighted by Gasteiger charge is -2.16. The van der Waals surface area contributed by atoms with Crippen LogP contribution in [0.25, 0.3) is 0 Å². The van der Waals surface area contributed by atoms with Crippen LogP contribution in [0.5, 0.6) is 0 Å². The summed E-state index contributed by atoms with van der Waals surface area (Å²) in [5, 5.41) is 2.57. The molecule has 1 N–H and O–H groups in total. The van der Waals surface area contributed by atoms with Crippen molar-refractivity contribution in [1.29, 1.82) is 0 Å². The van der Waals surface area contributed by atoms with Gasteiger partial charge in [0.15, 0.2) is 0 Å². The van der Waals surface area contributed by atoms with E-state index in [1.165, 1.54) is 4.31 Å². The Morgan fingerprint density at radius 2 is 2.18 bits per heavy atom. The van der Waals surface area contributed by atoms with E-state index in [9.17, 15) is 13.2 Å². The second-order valence-electron chi connectivity index (χ2n) is 4.56. The lowest BCUT2D eigenvalue weighted by atomic mass is 10.1. The van der Waals surface area contributed by atoms with Gasteiger partial charge >= 0.3 is 0 Å². The van der Waals surface area contributed by atoms with Crippen molar-refractivity contribution in [3.05, 3.63) is 0 Å². The molecule has 0 aromatic rings. The molecule has 0 aromatic heterocycles. The summed E-state index contributed by atoms with van der Waals surface area (Å²) >= 11 is 0. The number of hydrogen-bond donors (Lipinski definition) is 1. The molecule has 0 aromatic carbocycles. The van der Waals surface area contributed by atoms with E-state index in [2.05, 4.69) is 5.32 Å². The second kappa shape index (κ2) is 6.35. The van der Waals surface area contributed by atoms with Crippen LogP contribution in [0.2, 0.25) is 0 Å². The first kappa shape index (κ1) is 14.4. The van der Waals surface area contributed by atoms with Crippen LogP contribution in [0.3, 0.4) is 0 Å². The first-order chi connectivity index (χ1) is 7.99. The van der Waals surface area contributed by atoms with Gasteiger partial charge in [0.1, 0.15) is 0 Å². The van der Waals surface area contributed by atoms with E-state index in [-0.39, 0.29) is 17.6 Å². The molecule has 1 saturated heterocycles. The molecule has 6 heteroatoms. The highest BCUT2D eigenvalue weighted by Crippen LogP contribution is 2.22. The highest BCUT2D eigenvalue weighted by atomic mass is 32.2. The highest BCUT2D eigenvalue weighted by Gasteiger charge is 2.31. The maximum atomic E-state index is 11.9. The number of unbranched alkanes of at least 4 members (excludes halogenated alkanes) is 1. The van der Waals surface area contributed by atoms with Crippen molar-refractivity contribution in [3.8, 4) is 0 Å². The number of hydrogen-bond acceptors (Lipinski definition) is 3. The number of carbonyl (C=O) groups is 1. The van der Waals surface area contributed by atoms with E-state index in [0.29, 0.717) is 25.9 Å². The van der Waals surface area contributed by atoms with Gasteiger partial charge in [-0.2, -0.15) is 0 Å². The van der Waals surface area contributed by atoms with Gasteiger partial charge in [0.2, 0.25) is 15.9 Å². The number of nitrogens with one attached hydrogen (secondary N) is 1. The van der Waals surface area contributed by atoms with Gasteiger partial charge in [0.25, 0.3) is 0 Å². The van der Waals surface area contributed by atoms with E-state index in [1.807, 2.05) is 6.92 Å². The maximum Gasteiger partial charge on any atom is 0.220 e. The van der Waals surface area contributed by atoms with Crippen molar-refractivity contribution in [1.82, 2.24) is 9.62 Å². The molecular weight excluding hydrogens is 240 g/mol. The highest BCUT2D eigenvalue weighted by molar-refractivity contribution is 7.89. The van der Waals surface area contributed by atoms with Crippen LogP contribution in [-0.2, 0) is 14.8 Å². The molecule has 0 aliphatic carbocycles. The minimum Gasteiger partial charge on any atom is -0.359 e. The summed E-state index contributed by atoms with van der Waals surface area (Å²) in [6, 6.07) is 0. The summed E-state index contributed by atoms with van der Waals surface area (Å²) in [6.07, 6.45) is 2.81. The molecule has 0 bridgehead atoms. The van der Waals surface area contributed by atoms with Crippen molar-refractivity contribution < 1.29 is 13.2 Å². The van der Waals surface area contributed by atoms with Crippen molar-refractivity contribution in [2.75, 3.05) is 25.9 Å². The van der Waals surface area contributed by atoms with Crippen molar-refractivity contribution in [2.24, 2.45) is 5.92 Å². The zero-order valence-electron chi connectivity index (χ0n) is 10.6. The van der Waals surface area contributed by atoms with Crippen molar-refractivity contribution in [3.63, 3.8) is 0 Å². The van der Waals surface area contributed by atoms with E-state index in [0.717, 1.165) is 12.8 Å². The van der Waals surface area contributed by atoms with Gasteiger partial charge in [-0.25, -0.2) is 12.7 Å². The molecular formula is C11H22N2O3S. The van der Waals surface area contributed by atoms with Crippen LogP contribution in [0.15, 0.2) is 0 Å². The first-order valence-electron chi connectivity index (χ1n) is 6.18. The van der Waals surface area contributed by atoms with E-state index < -0.39 is 10.0 Å². The molecule has 0 spiro atoms. The van der Waals surface area contributed by atoms with Gasteiger partial charge in [0, 0.05) is 26.6 Å². The number of sulfonamides is 1. The molecule has 17 heavy (non-hydrogen) atoms. The van der Waals surface area contributed by atoms with Crippen LogP contribution >= 0.6 is 0 Å². The van der Waals surface area contributed by atoms with Gasteiger partial charge in [-0.3, -0.25) is 4.79 Å². The van der Waals surface area contributed by atoms with Gasteiger partial charge in [-0.05, 0) is 18.8 Å². The van der Waals surface area contributed by atoms with Crippen LogP contribution < -0.4 is 5.32 Å². The lowest BCUT2D eigenvalue weighted by molar-refractivity contribution is -0.121. The number of amides is 1. The Morgan fingerprint density at radius 1 is 1.47 bits per heavy atom. The number of rotatable bonds is 6. The molecule has 1 unspecified atom stereocenters. The summed E-state index contributed by atoms with van der Waals surface area (Å²) in [7, 11) is -1.49. The van der Waals surface area contributed by atoms with E-state index >= 15 is 0 Å². The quantitative estimate of drug-likeness (QED) is 0.761. The van der Waals surface area contributed by atoms with E-state index in [1.54, 1.807) is 7.05 Å². The number of nitrogens with zero attached hydrogens (tertiary/aromatic N) is 1. The molecule has 1 amide bonds. The third-order valence-electron chi connectivity index (χ3n) is 3.15. The Labute approximate surface area is 104 Å². The summed E-state index contributed by atoms with van der Waals surface area (Å²) in [4.78, 5) is 11.2. The Morgan fingerprint density at radius 3 is 2.76 bits per heavy atom. The second-order valence-corrected chi connectivity index (χ2v) is 6.65. The molecule has 1 fully saturated rings. The van der Waals surface area contributed by atoms with Crippen LogP contribution in [0.4, 0.5) is 0 Å². The van der Waals surface area contributed by atoms with Gasteiger partial charge in [0.05, 0.1) is 5.75 Å². The zero-order chi connectivity index (χ0) is 12.9.